The van der Waals surface area contributed by atoms with E-state index in [4.69, 9.17) is 9.47 Å². The first-order valence-electron chi connectivity index (χ1n) is 7.50. The van der Waals surface area contributed by atoms with Gasteiger partial charge in [0.25, 0.3) is 5.56 Å². The maximum atomic E-state index is 13.5. The molecular weight excluding hydrogens is 396 g/mol. The molecule has 150 valence electrons. The SMILES string of the molecule is COc1ccc(-c2c(C(F)(F)F)nn3c(=O)cc(C(F)(F)F)[nH]c23)cc1OC. The predicted molar refractivity (Wildman–Crippen MR) is 84.4 cm³/mol. The number of benzene rings is 1. The first-order valence-corrected chi connectivity index (χ1v) is 7.50. The molecule has 0 aliphatic heterocycles. The quantitative estimate of drug-likeness (QED) is 0.672. The van der Waals surface area contributed by atoms with E-state index in [1.807, 2.05) is 4.98 Å². The lowest BCUT2D eigenvalue weighted by atomic mass is 10.0. The van der Waals surface area contributed by atoms with E-state index in [2.05, 4.69) is 5.10 Å². The van der Waals surface area contributed by atoms with Crippen molar-refractivity contribution in [1.82, 2.24) is 14.6 Å². The molecule has 0 saturated heterocycles. The number of H-pyrrole nitrogens is 1. The molecule has 12 heteroatoms. The van der Waals surface area contributed by atoms with Crippen molar-refractivity contribution in [3.8, 4) is 22.6 Å². The minimum atomic E-state index is -5.03. The van der Waals surface area contributed by atoms with Crippen molar-refractivity contribution in [2.45, 2.75) is 12.4 Å². The summed E-state index contributed by atoms with van der Waals surface area (Å²) >= 11 is 0. The molecule has 0 amide bonds. The van der Waals surface area contributed by atoms with E-state index in [-0.39, 0.29) is 27.6 Å². The molecule has 0 atom stereocenters. The Labute approximate surface area is 152 Å². The molecule has 0 radical (unpaired) electrons. The summed E-state index contributed by atoms with van der Waals surface area (Å²) in [6.07, 6.45) is -10.0. The molecule has 2 aromatic heterocycles. The second-order valence-electron chi connectivity index (χ2n) is 5.57. The zero-order valence-electron chi connectivity index (χ0n) is 14.2. The third kappa shape index (κ3) is 3.25. The topological polar surface area (TPSA) is 68.6 Å². The van der Waals surface area contributed by atoms with E-state index >= 15 is 0 Å². The van der Waals surface area contributed by atoms with Gasteiger partial charge in [-0.15, -0.1) is 0 Å². The molecule has 0 spiro atoms. The Hall–Kier alpha value is -3.18. The number of ether oxygens (including phenoxy) is 2. The van der Waals surface area contributed by atoms with Crippen LogP contribution in [0.5, 0.6) is 11.5 Å². The van der Waals surface area contributed by atoms with Crippen molar-refractivity contribution in [2.24, 2.45) is 0 Å². The number of aromatic nitrogens is 3. The first-order chi connectivity index (χ1) is 13.0. The Morgan fingerprint density at radius 3 is 2.14 bits per heavy atom. The van der Waals surface area contributed by atoms with Gasteiger partial charge in [-0.3, -0.25) is 4.79 Å². The molecule has 1 N–H and O–H groups in total. The molecule has 0 fully saturated rings. The third-order valence-corrected chi connectivity index (χ3v) is 3.86. The average Bonchev–Trinajstić information content (AvgIpc) is 3.01. The fourth-order valence-corrected chi connectivity index (χ4v) is 2.66. The molecule has 6 nitrogen and oxygen atoms in total. The van der Waals surface area contributed by atoms with Crippen LogP contribution in [0.2, 0.25) is 0 Å². The van der Waals surface area contributed by atoms with Crippen molar-refractivity contribution < 1.29 is 35.8 Å². The zero-order chi connectivity index (χ0) is 20.9. The van der Waals surface area contributed by atoms with Gasteiger partial charge in [-0.1, -0.05) is 6.07 Å². The summed E-state index contributed by atoms with van der Waals surface area (Å²) in [5.74, 6) is 0.238. The summed E-state index contributed by atoms with van der Waals surface area (Å²) < 4.78 is 89.8. The van der Waals surface area contributed by atoms with Crippen LogP contribution in [0.15, 0.2) is 29.1 Å². The number of alkyl halides is 6. The first kappa shape index (κ1) is 19.6. The van der Waals surface area contributed by atoms with Gasteiger partial charge in [0.2, 0.25) is 0 Å². The Morgan fingerprint density at radius 2 is 1.61 bits per heavy atom. The smallest absolute Gasteiger partial charge is 0.435 e. The molecule has 0 aliphatic carbocycles. The number of nitrogens with one attached hydrogen (secondary N) is 1. The number of methoxy groups -OCH3 is 2. The number of halogens is 6. The van der Waals surface area contributed by atoms with Crippen LogP contribution in [0.25, 0.3) is 16.8 Å². The van der Waals surface area contributed by atoms with Gasteiger partial charge in [0.15, 0.2) is 17.2 Å². The molecule has 0 saturated carbocycles. The fraction of sp³-hybridized carbons (Fsp3) is 0.250. The molecule has 0 unspecified atom stereocenters. The van der Waals surface area contributed by atoms with Crippen molar-refractivity contribution >= 4 is 5.65 Å². The number of nitrogens with zero attached hydrogens (tertiary/aromatic N) is 2. The number of fused-ring (bicyclic) bond motifs is 1. The zero-order valence-corrected chi connectivity index (χ0v) is 14.2. The monoisotopic (exact) mass is 407 g/mol. The summed E-state index contributed by atoms with van der Waals surface area (Å²) in [6.45, 7) is 0. The summed E-state index contributed by atoms with van der Waals surface area (Å²) in [6, 6.07) is 3.75. The average molecular weight is 407 g/mol. The van der Waals surface area contributed by atoms with Crippen LogP contribution in [-0.4, -0.2) is 28.8 Å². The Kier molecular flexibility index (Phi) is 4.52. The van der Waals surface area contributed by atoms with Crippen LogP contribution in [0.4, 0.5) is 26.3 Å². The highest BCUT2D eigenvalue weighted by atomic mass is 19.4. The third-order valence-electron chi connectivity index (χ3n) is 3.86. The second-order valence-corrected chi connectivity index (χ2v) is 5.57. The number of aromatic amines is 1. The molecular formula is C16H11F6N3O3. The highest BCUT2D eigenvalue weighted by Crippen LogP contribution is 2.41. The van der Waals surface area contributed by atoms with E-state index in [1.165, 1.54) is 26.4 Å². The largest absolute Gasteiger partial charge is 0.493 e. The Balaban J connectivity index is 2.42. The van der Waals surface area contributed by atoms with Gasteiger partial charge in [-0.05, 0) is 17.7 Å². The minimum absolute atomic E-state index is 0.0433. The predicted octanol–water partition coefficient (Wildman–Crippen LogP) is 3.74. The lowest BCUT2D eigenvalue weighted by Gasteiger charge is -2.11. The van der Waals surface area contributed by atoms with Gasteiger partial charge >= 0.3 is 12.4 Å². The van der Waals surface area contributed by atoms with Gasteiger partial charge in [-0.25, -0.2) is 0 Å². The van der Waals surface area contributed by atoms with Gasteiger partial charge in [0, 0.05) is 6.07 Å². The summed E-state index contributed by atoms with van der Waals surface area (Å²) in [4.78, 5) is 13.8. The van der Waals surface area contributed by atoms with Crippen LogP contribution in [0, 0.1) is 0 Å². The molecule has 28 heavy (non-hydrogen) atoms. The number of hydrogen-bond donors (Lipinski definition) is 1. The molecule has 2 heterocycles. The maximum absolute atomic E-state index is 13.5. The van der Waals surface area contributed by atoms with Crippen LogP contribution >= 0.6 is 0 Å². The number of rotatable bonds is 3. The van der Waals surface area contributed by atoms with Gasteiger partial charge in [0.05, 0.1) is 19.8 Å². The van der Waals surface area contributed by atoms with E-state index in [0.29, 0.717) is 0 Å². The molecule has 0 aliphatic rings. The van der Waals surface area contributed by atoms with E-state index in [1.54, 1.807) is 0 Å². The summed E-state index contributed by atoms with van der Waals surface area (Å²) in [5.41, 5.74) is -6.03. The standard InChI is InChI=1S/C16H11F6N3O3/c1-27-8-4-3-7(5-9(8)28-2)12-13(16(20,21)22)24-25-11(26)6-10(15(17,18)19)23-14(12)25/h3-6,23H,1-2H3. The molecule has 3 aromatic rings. The highest BCUT2D eigenvalue weighted by Gasteiger charge is 2.40. The summed E-state index contributed by atoms with van der Waals surface area (Å²) in [7, 11) is 2.55. The Bertz CT molecular complexity index is 1100. The van der Waals surface area contributed by atoms with Crippen LogP contribution in [0.1, 0.15) is 11.4 Å². The lowest BCUT2D eigenvalue weighted by Crippen LogP contribution is -2.20. The molecule has 1 aromatic carbocycles. The van der Waals surface area contributed by atoms with Gasteiger partial charge in [0.1, 0.15) is 11.3 Å². The van der Waals surface area contributed by atoms with E-state index in [0.717, 1.165) is 6.07 Å². The van der Waals surface area contributed by atoms with Crippen molar-refractivity contribution in [1.29, 1.82) is 0 Å². The van der Waals surface area contributed by atoms with Crippen LogP contribution in [-0.2, 0) is 12.4 Å². The van der Waals surface area contributed by atoms with Gasteiger partial charge in [-0.2, -0.15) is 36.0 Å². The second kappa shape index (κ2) is 6.46. The van der Waals surface area contributed by atoms with Crippen LogP contribution < -0.4 is 15.0 Å². The van der Waals surface area contributed by atoms with Gasteiger partial charge < -0.3 is 14.5 Å². The maximum Gasteiger partial charge on any atom is 0.435 e. The lowest BCUT2D eigenvalue weighted by molar-refractivity contribution is -0.141. The minimum Gasteiger partial charge on any atom is -0.493 e. The normalized spacial score (nSPS) is 12.4. The Morgan fingerprint density at radius 1 is 0.964 bits per heavy atom. The molecule has 0 bridgehead atoms. The highest BCUT2D eigenvalue weighted by molar-refractivity contribution is 5.81. The fourth-order valence-electron chi connectivity index (χ4n) is 2.66. The summed E-state index contributed by atoms with van der Waals surface area (Å²) in [5, 5.41) is 3.19. The molecule has 3 rings (SSSR count). The van der Waals surface area contributed by atoms with Crippen LogP contribution in [0.3, 0.4) is 0 Å². The van der Waals surface area contributed by atoms with E-state index < -0.39 is 40.5 Å². The van der Waals surface area contributed by atoms with Crippen molar-refractivity contribution in [2.75, 3.05) is 14.2 Å². The number of hydrogen-bond acceptors (Lipinski definition) is 4. The van der Waals surface area contributed by atoms with E-state index in [9.17, 15) is 31.1 Å². The van der Waals surface area contributed by atoms with Crippen molar-refractivity contribution in [3.05, 3.63) is 46.0 Å². The van der Waals surface area contributed by atoms with Crippen molar-refractivity contribution in [3.63, 3.8) is 0 Å².